The highest BCUT2D eigenvalue weighted by molar-refractivity contribution is 7.88. The molecule has 1 aromatic carbocycles. The number of piperazine rings is 2. The molecule has 1 atom stereocenters. The van der Waals surface area contributed by atoms with Crippen molar-refractivity contribution in [3.63, 3.8) is 0 Å². The molecule has 2 fully saturated rings. The van der Waals surface area contributed by atoms with E-state index >= 15 is 0 Å². The molecular weight excluding hydrogens is 354 g/mol. The van der Waals surface area contributed by atoms with E-state index < -0.39 is 10.0 Å². The molecule has 1 amide bonds. The number of hydrogen-bond donors (Lipinski definition) is 0. The molecule has 0 aliphatic carbocycles. The second-order valence-corrected chi connectivity index (χ2v) is 9.64. The maximum Gasteiger partial charge on any atom is 0.260 e. The van der Waals surface area contributed by atoms with Gasteiger partial charge in [0.2, 0.25) is 10.0 Å². The van der Waals surface area contributed by atoms with Crippen LogP contribution in [0.5, 0.6) is 5.75 Å². The van der Waals surface area contributed by atoms with Crippen molar-refractivity contribution in [2.45, 2.75) is 25.4 Å². The number of hydrogen-bond acceptors (Lipinski definition) is 5. The molecule has 2 aliphatic heterocycles. The monoisotopic (exact) mass is 381 g/mol. The Morgan fingerprint density at radius 1 is 1.19 bits per heavy atom. The van der Waals surface area contributed by atoms with Gasteiger partial charge in [-0.2, -0.15) is 4.31 Å². The minimum atomic E-state index is -3.25. The molecule has 26 heavy (non-hydrogen) atoms. The van der Waals surface area contributed by atoms with Crippen LogP contribution in [0.3, 0.4) is 0 Å². The van der Waals surface area contributed by atoms with E-state index in [1.54, 1.807) is 4.90 Å². The maximum atomic E-state index is 12.5. The van der Waals surface area contributed by atoms with E-state index in [1.165, 1.54) is 10.6 Å². The molecule has 0 unspecified atom stereocenters. The minimum Gasteiger partial charge on any atom is -0.484 e. The number of carbonyl (C=O) groups is 1. The minimum absolute atomic E-state index is 0.00269. The highest BCUT2D eigenvalue weighted by Crippen LogP contribution is 2.29. The predicted molar refractivity (Wildman–Crippen MR) is 99.5 cm³/mol. The summed E-state index contributed by atoms with van der Waals surface area (Å²) in [4.78, 5) is 16.6. The number of fused-ring (bicyclic) bond motifs is 1. The van der Waals surface area contributed by atoms with Gasteiger partial charge in [-0.1, -0.05) is 18.2 Å². The second-order valence-electron chi connectivity index (χ2n) is 7.66. The molecule has 0 bridgehead atoms. The van der Waals surface area contributed by atoms with E-state index in [-0.39, 0.29) is 24.1 Å². The third-order valence-electron chi connectivity index (χ3n) is 5.17. The summed E-state index contributed by atoms with van der Waals surface area (Å²) in [5.74, 6) is 0.601. The fourth-order valence-corrected chi connectivity index (χ4v) is 4.86. The second kappa shape index (κ2) is 7.17. The molecule has 2 aliphatic rings. The van der Waals surface area contributed by atoms with Crippen LogP contribution in [0, 0.1) is 0 Å². The number of para-hydroxylation sites is 1. The van der Waals surface area contributed by atoms with Crippen molar-refractivity contribution in [1.29, 1.82) is 0 Å². The van der Waals surface area contributed by atoms with Gasteiger partial charge in [0.1, 0.15) is 5.75 Å². The predicted octanol–water partition coefficient (Wildman–Crippen LogP) is 0.632. The van der Waals surface area contributed by atoms with Crippen LogP contribution in [0.2, 0.25) is 0 Å². The summed E-state index contributed by atoms with van der Waals surface area (Å²) in [5.41, 5.74) is -0.248. The largest absolute Gasteiger partial charge is 0.484 e. The van der Waals surface area contributed by atoms with Crippen LogP contribution in [0.15, 0.2) is 30.3 Å². The number of nitrogens with zero attached hydrogens (tertiary/aromatic N) is 3. The number of ether oxygens (including phenoxy) is 1. The molecule has 0 radical (unpaired) electrons. The quantitative estimate of drug-likeness (QED) is 0.765. The first kappa shape index (κ1) is 19.1. The van der Waals surface area contributed by atoms with Crippen molar-refractivity contribution in [2.75, 3.05) is 45.6 Å². The Kier molecular flexibility index (Phi) is 5.28. The number of benzene rings is 1. The van der Waals surface area contributed by atoms with Gasteiger partial charge in [-0.3, -0.25) is 9.69 Å². The van der Waals surface area contributed by atoms with Gasteiger partial charge in [-0.15, -0.1) is 0 Å². The Morgan fingerprint density at radius 2 is 1.88 bits per heavy atom. The highest BCUT2D eigenvalue weighted by atomic mass is 32.2. The Labute approximate surface area is 155 Å². The zero-order valence-corrected chi connectivity index (χ0v) is 16.4. The van der Waals surface area contributed by atoms with Gasteiger partial charge < -0.3 is 9.64 Å². The molecule has 2 saturated heterocycles. The van der Waals surface area contributed by atoms with E-state index in [1.807, 2.05) is 30.3 Å². The van der Waals surface area contributed by atoms with Crippen molar-refractivity contribution >= 4 is 15.9 Å². The van der Waals surface area contributed by atoms with Gasteiger partial charge in [0, 0.05) is 44.3 Å². The summed E-state index contributed by atoms with van der Waals surface area (Å²) in [6, 6.07) is 9.26. The van der Waals surface area contributed by atoms with Crippen LogP contribution < -0.4 is 4.74 Å². The summed E-state index contributed by atoms with van der Waals surface area (Å²) < 4.78 is 31.2. The van der Waals surface area contributed by atoms with E-state index in [9.17, 15) is 13.2 Å². The standard InChI is InChI=1S/C18H27N3O4S/c1-18(2)14-20(26(3,23)24)12-15-11-19(9-10-21(15)18)17(22)13-25-16-7-5-4-6-8-16/h4-8,15H,9-14H2,1-3H3/t15-/m0/s1. The molecule has 144 valence electrons. The zero-order chi connectivity index (χ0) is 18.9. The lowest BCUT2D eigenvalue weighted by molar-refractivity contribution is -0.139. The highest BCUT2D eigenvalue weighted by Gasteiger charge is 2.45. The Morgan fingerprint density at radius 3 is 2.54 bits per heavy atom. The SMILES string of the molecule is CC1(C)CN(S(C)(=O)=O)C[C@@H]2CN(C(=O)COc3ccccc3)CCN21. The first-order valence-electron chi connectivity index (χ1n) is 8.84. The van der Waals surface area contributed by atoms with Gasteiger partial charge in [0.05, 0.1) is 6.26 Å². The lowest BCUT2D eigenvalue weighted by Crippen LogP contribution is -2.70. The third kappa shape index (κ3) is 4.19. The average molecular weight is 381 g/mol. The van der Waals surface area contributed by atoms with Gasteiger partial charge in [-0.25, -0.2) is 8.42 Å². The van der Waals surface area contributed by atoms with Crippen molar-refractivity contribution in [2.24, 2.45) is 0 Å². The maximum absolute atomic E-state index is 12.5. The lowest BCUT2D eigenvalue weighted by atomic mass is 9.94. The van der Waals surface area contributed by atoms with Crippen molar-refractivity contribution in [3.05, 3.63) is 30.3 Å². The van der Waals surface area contributed by atoms with E-state index in [0.29, 0.717) is 31.9 Å². The Balaban J connectivity index is 1.64. The molecule has 0 N–H and O–H groups in total. The molecule has 8 heteroatoms. The number of carbonyl (C=O) groups excluding carboxylic acids is 1. The van der Waals surface area contributed by atoms with Crippen LogP contribution in [0.25, 0.3) is 0 Å². The summed E-state index contributed by atoms with van der Waals surface area (Å²) >= 11 is 0. The molecular formula is C18H27N3O4S. The fraction of sp³-hybridized carbons (Fsp3) is 0.611. The fourth-order valence-electron chi connectivity index (χ4n) is 3.86. The van der Waals surface area contributed by atoms with Crippen LogP contribution in [0.4, 0.5) is 0 Å². The summed E-state index contributed by atoms with van der Waals surface area (Å²) in [5, 5.41) is 0. The van der Waals surface area contributed by atoms with Crippen molar-refractivity contribution < 1.29 is 17.9 Å². The van der Waals surface area contributed by atoms with Gasteiger partial charge in [0.15, 0.2) is 6.61 Å². The normalized spacial score (nSPS) is 24.1. The topological polar surface area (TPSA) is 70.2 Å². The van der Waals surface area contributed by atoms with E-state index in [2.05, 4.69) is 18.7 Å². The number of amides is 1. The lowest BCUT2D eigenvalue weighted by Gasteiger charge is -2.54. The molecule has 2 heterocycles. The Hall–Kier alpha value is -1.64. The average Bonchev–Trinajstić information content (AvgIpc) is 2.58. The van der Waals surface area contributed by atoms with Crippen LogP contribution in [-0.4, -0.2) is 85.6 Å². The summed E-state index contributed by atoms with van der Waals surface area (Å²) in [6.45, 7) is 6.92. The number of rotatable bonds is 4. The molecule has 3 rings (SSSR count). The van der Waals surface area contributed by atoms with Gasteiger partial charge in [-0.05, 0) is 26.0 Å². The smallest absolute Gasteiger partial charge is 0.260 e. The molecule has 0 spiro atoms. The molecule has 0 aromatic heterocycles. The molecule has 0 saturated carbocycles. The number of sulfonamides is 1. The van der Waals surface area contributed by atoms with Gasteiger partial charge in [0.25, 0.3) is 5.91 Å². The van der Waals surface area contributed by atoms with Crippen molar-refractivity contribution in [1.82, 2.24) is 14.1 Å². The van der Waals surface area contributed by atoms with E-state index in [4.69, 9.17) is 4.74 Å². The first-order valence-corrected chi connectivity index (χ1v) is 10.7. The molecule has 1 aromatic rings. The Bertz CT molecular complexity index is 751. The third-order valence-corrected chi connectivity index (χ3v) is 6.38. The van der Waals surface area contributed by atoms with Crippen molar-refractivity contribution in [3.8, 4) is 5.75 Å². The molecule has 7 nitrogen and oxygen atoms in total. The van der Waals surface area contributed by atoms with Gasteiger partial charge >= 0.3 is 0 Å². The zero-order valence-electron chi connectivity index (χ0n) is 15.6. The van der Waals surface area contributed by atoms with Crippen LogP contribution in [0.1, 0.15) is 13.8 Å². The summed E-state index contributed by atoms with van der Waals surface area (Å²) in [6.07, 6.45) is 1.25. The van der Waals surface area contributed by atoms with E-state index in [0.717, 1.165) is 6.54 Å². The van der Waals surface area contributed by atoms with Crippen LogP contribution in [-0.2, 0) is 14.8 Å². The van der Waals surface area contributed by atoms with Crippen LogP contribution >= 0.6 is 0 Å². The first-order chi connectivity index (χ1) is 12.2. The summed E-state index contributed by atoms with van der Waals surface area (Å²) in [7, 11) is -3.25.